The van der Waals surface area contributed by atoms with Crippen LogP contribution in [0.15, 0.2) is 30.3 Å². The molecule has 0 saturated carbocycles. The van der Waals surface area contributed by atoms with Crippen molar-refractivity contribution in [3.63, 3.8) is 0 Å². The van der Waals surface area contributed by atoms with Crippen LogP contribution in [-0.2, 0) is 20.7 Å². The van der Waals surface area contributed by atoms with E-state index in [-0.39, 0.29) is 24.0 Å². The van der Waals surface area contributed by atoms with Crippen molar-refractivity contribution in [3.8, 4) is 0 Å². The molecule has 1 fully saturated rings. The lowest BCUT2D eigenvalue weighted by molar-refractivity contribution is -0.148. The van der Waals surface area contributed by atoms with Crippen molar-refractivity contribution in [2.75, 3.05) is 19.0 Å². The summed E-state index contributed by atoms with van der Waals surface area (Å²) >= 11 is 4.11. The Bertz CT molecular complexity index is 503. The largest absolute Gasteiger partial charge is 0.466 e. The molecule has 6 heteroatoms. The number of ether oxygens (including phenoxy) is 2. The molecule has 1 heterocycles. The van der Waals surface area contributed by atoms with E-state index in [1.54, 1.807) is 0 Å². The van der Waals surface area contributed by atoms with Gasteiger partial charge in [0.25, 0.3) is 0 Å². The molecule has 5 nitrogen and oxygen atoms in total. The minimum atomic E-state index is -0.305. The summed E-state index contributed by atoms with van der Waals surface area (Å²) in [4.78, 5) is 22.0. The zero-order valence-electron chi connectivity index (χ0n) is 15.1. The number of hydrogen-bond donors (Lipinski definition) is 2. The highest BCUT2D eigenvalue weighted by Crippen LogP contribution is 2.13. The molecule has 0 aliphatic carbocycles. The molecule has 25 heavy (non-hydrogen) atoms. The van der Waals surface area contributed by atoms with Crippen LogP contribution in [0, 0.1) is 5.92 Å². The molecule has 1 aliphatic rings. The van der Waals surface area contributed by atoms with Crippen molar-refractivity contribution in [1.29, 1.82) is 0 Å². The Morgan fingerprint density at radius 3 is 2.56 bits per heavy atom. The van der Waals surface area contributed by atoms with E-state index in [0.717, 1.165) is 31.4 Å². The molecule has 1 aromatic rings. The van der Waals surface area contributed by atoms with Gasteiger partial charge in [0.05, 0.1) is 18.6 Å². The molecular weight excluding hydrogens is 338 g/mol. The van der Waals surface area contributed by atoms with Crippen LogP contribution in [0.2, 0.25) is 0 Å². The fourth-order valence-electron chi connectivity index (χ4n) is 2.58. The van der Waals surface area contributed by atoms with Crippen LogP contribution in [0.1, 0.15) is 38.7 Å². The summed E-state index contributed by atoms with van der Waals surface area (Å²) in [6.07, 6.45) is 3.31. The number of esters is 1. The van der Waals surface area contributed by atoms with Gasteiger partial charge < -0.3 is 14.8 Å². The van der Waals surface area contributed by atoms with Crippen molar-refractivity contribution < 1.29 is 19.1 Å². The summed E-state index contributed by atoms with van der Waals surface area (Å²) in [6, 6.07) is 10.2. The van der Waals surface area contributed by atoms with E-state index in [1.165, 1.54) is 5.56 Å². The first kappa shape index (κ1) is 21.4. The van der Waals surface area contributed by atoms with E-state index in [1.807, 2.05) is 37.3 Å². The number of benzene rings is 1. The lowest BCUT2D eigenvalue weighted by Crippen LogP contribution is -2.28. The summed E-state index contributed by atoms with van der Waals surface area (Å²) in [5, 5.41) is 2.74. The number of carbonyl (C=O) groups is 2. The van der Waals surface area contributed by atoms with Gasteiger partial charge in [0.15, 0.2) is 0 Å². The normalized spacial score (nSPS) is 16.9. The van der Waals surface area contributed by atoms with Crippen LogP contribution in [0.3, 0.4) is 0 Å². The van der Waals surface area contributed by atoms with Crippen LogP contribution in [0.5, 0.6) is 0 Å². The van der Waals surface area contributed by atoms with E-state index in [4.69, 9.17) is 9.47 Å². The average Bonchev–Trinajstić information content (AvgIpc) is 3.01. The first-order valence-electron chi connectivity index (χ1n) is 8.85. The number of cyclic esters (lactones) is 1. The Kier molecular flexibility index (Phi) is 10.8. The highest BCUT2D eigenvalue weighted by molar-refractivity contribution is 7.80. The van der Waals surface area contributed by atoms with Crippen LogP contribution in [0.4, 0.5) is 4.79 Å². The van der Waals surface area contributed by atoms with Gasteiger partial charge in [-0.15, -0.1) is 0 Å². The highest BCUT2D eigenvalue weighted by atomic mass is 32.1. The van der Waals surface area contributed by atoms with Gasteiger partial charge >= 0.3 is 12.1 Å². The third-order valence-corrected chi connectivity index (χ3v) is 4.06. The molecular formula is C19H29NO4S. The van der Waals surface area contributed by atoms with Crippen LogP contribution >= 0.6 is 12.6 Å². The zero-order valence-corrected chi connectivity index (χ0v) is 16.0. The maximum Gasteiger partial charge on any atom is 0.407 e. The second-order valence-corrected chi connectivity index (χ2v) is 6.33. The minimum absolute atomic E-state index is 0.0617. The predicted molar refractivity (Wildman–Crippen MR) is 102 cm³/mol. The smallest absolute Gasteiger partial charge is 0.407 e. The van der Waals surface area contributed by atoms with Gasteiger partial charge in [0.2, 0.25) is 0 Å². The summed E-state index contributed by atoms with van der Waals surface area (Å²) in [5.74, 6) is 0.754. The number of hydrogen-bond acceptors (Lipinski definition) is 5. The molecule has 0 radical (unpaired) electrons. The van der Waals surface area contributed by atoms with E-state index < -0.39 is 0 Å². The average molecular weight is 368 g/mol. The minimum Gasteiger partial charge on any atom is -0.466 e. The maximum absolute atomic E-state index is 11.3. The van der Waals surface area contributed by atoms with Gasteiger partial charge in [0.1, 0.15) is 6.61 Å². The molecule has 140 valence electrons. The lowest BCUT2D eigenvalue weighted by Gasteiger charge is -2.12. The third-order valence-electron chi connectivity index (χ3n) is 3.80. The van der Waals surface area contributed by atoms with E-state index >= 15 is 0 Å². The predicted octanol–water partition coefficient (Wildman–Crippen LogP) is 3.62. The van der Waals surface area contributed by atoms with Crippen LogP contribution < -0.4 is 5.32 Å². The van der Waals surface area contributed by atoms with Crippen molar-refractivity contribution >= 4 is 24.7 Å². The van der Waals surface area contributed by atoms with Gasteiger partial charge in [-0.2, -0.15) is 12.6 Å². The molecule has 2 atom stereocenters. The van der Waals surface area contributed by atoms with Gasteiger partial charge in [-0.05, 0) is 37.5 Å². The number of amides is 1. The summed E-state index contributed by atoms with van der Waals surface area (Å²) in [5.41, 5.74) is 1.22. The number of thiol groups is 1. The number of rotatable bonds is 8. The molecule has 1 saturated heterocycles. The highest BCUT2D eigenvalue weighted by Gasteiger charge is 2.21. The Morgan fingerprint density at radius 2 is 2.04 bits per heavy atom. The van der Waals surface area contributed by atoms with Gasteiger partial charge in [-0.25, -0.2) is 4.79 Å². The van der Waals surface area contributed by atoms with Gasteiger partial charge in [-0.1, -0.05) is 43.7 Å². The molecule has 0 aromatic heterocycles. The fraction of sp³-hybridized carbons (Fsp3) is 0.579. The van der Waals surface area contributed by atoms with E-state index in [9.17, 15) is 9.59 Å². The first-order chi connectivity index (χ1) is 12.1. The van der Waals surface area contributed by atoms with Crippen molar-refractivity contribution in [1.82, 2.24) is 5.32 Å². The van der Waals surface area contributed by atoms with E-state index in [2.05, 4.69) is 24.9 Å². The van der Waals surface area contributed by atoms with Crippen molar-refractivity contribution in [2.45, 2.75) is 45.6 Å². The van der Waals surface area contributed by atoms with Gasteiger partial charge in [0, 0.05) is 0 Å². The molecule has 0 spiro atoms. The van der Waals surface area contributed by atoms with Crippen LogP contribution in [-0.4, -0.2) is 37.1 Å². The zero-order chi connectivity index (χ0) is 18.5. The van der Waals surface area contributed by atoms with Gasteiger partial charge in [-0.3, -0.25) is 4.79 Å². The number of carbonyl (C=O) groups excluding carboxylic acids is 2. The first-order valence-corrected chi connectivity index (χ1v) is 9.48. The summed E-state index contributed by atoms with van der Waals surface area (Å²) in [6.45, 7) is 4.87. The number of nitrogens with one attached hydrogen (secondary N) is 1. The van der Waals surface area contributed by atoms with Crippen LogP contribution in [0.25, 0.3) is 0 Å². The Balaban J connectivity index is 0.000000252. The molecule has 2 rings (SSSR count). The van der Waals surface area contributed by atoms with Crippen molar-refractivity contribution in [3.05, 3.63) is 35.9 Å². The second-order valence-electron chi connectivity index (χ2n) is 5.88. The SMILES string of the molecule is CCC[C@@H](CCS)C(=O)OCC.O=C1N[C@H](Cc2ccccc2)CO1. The summed E-state index contributed by atoms with van der Waals surface area (Å²) < 4.78 is 9.72. The molecule has 1 amide bonds. The maximum atomic E-state index is 11.3. The topological polar surface area (TPSA) is 64.6 Å². The Morgan fingerprint density at radius 1 is 1.32 bits per heavy atom. The molecule has 1 aliphatic heterocycles. The second kappa shape index (κ2) is 12.6. The molecule has 1 N–H and O–H groups in total. The standard InChI is InChI=1S/C10H11NO2.C9H18O2S/c12-10-11-9(7-13-10)6-8-4-2-1-3-5-8;1-3-5-8(6-7-12)9(10)11-4-2/h1-5,9H,6-7H2,(H,11,12);8,12H,3-7H2,1-2H3/t9-;8-/m10/s1. The lowest BCUT2D eigenvalue weighted by atomic mass is 10.0. The Labute approximate surface area is 155 Å². The molecule has 1 aromatic carbocycles. The molecule has 0 bridgehead atoms. The third kappa shape index (κ3) is 8.82. The van der Waals surface area contributed by atoms with Crippen molar-refractivity contribution in [2.24, 2.45) is 5.92 Å². The fourth-order valence-corrected chi connectivity index (χ4v) is 2.89. The Hall–Kier alpha value is -1.69. The molecule has 0 unspecified atom stereocenters. The monoisotopic (exact) mass is 367 g/mol. The van der Waals surface area contributed by atoms with E-state index in [0.29, 0.717) is 13.2 Å². The quantitative estimate of drug-likeness (QED) is 0.544. The number of alkyl carbamates (subject to hydrolysis) is 1. The summed E-state index contributed by atoms with van der Waals surface area (Å²) in [7, 11) is 0.